The number of rotatable bonds is 2. The van der Waals surface area contributed by atoms with Crippen molar-refractivity contribution in [1.82, 2.24) is 9.78 Å². The Balaban J connectivity index is 2.42. The Morgan fingerprint density at radius 3 is 2.50 bits per heavy atom. The third-order valence-electron chi connectivity index (χ3n) is 2.32. The molecule has 0 saturated heterocycles. The van der Waals surface area contributed by atoms with Gasteiger partial charge in [0, 0.05) is 11.8 Å². The number of nitriles is 1. The van der Waals surface area contributed by atoms with Gasteiger partial charge in [0.05, 0.1) is 24.4 Å². The zero-order valence-corrected chi connectivity index (χ0v) is 9.14. The molecule has 0 aliphatic rings. The van der Waals surface area contributed by atoms with Crippen LogP contribution < -0.4 is 4.74 Å². The minimum Gasteiger partial charge on any atom is -0.480 e. The predicted octanol–water partition coefficient (Wildman–Crippen LogP) is 2.06. The van der Waals surface area contributed by atoms with Gasteiger partial charge in [0.1, 0.15) is 0 Å². The fraction of sp³-hybridized carbons (Fsp3) is 0.167. The van der Waals surface area contributed by atoms with Gasteiger partial charge < -0.3 is 4.74 Å². The van der Waals surface area contributed by atoms with Gasteiger partial charge in [-0.2, -0.15) is 5.26 Å². The normalized spacial score (nSPS) is 9.81. The van der Waals surface area contributed by atoms with E-state index in [1.807, 2.05) is 25.1 Å². The van der Waals surface area contributed by atoms with Crippen LogP contribution in [0.4, 0.5) is 0 Å². The first-order valence-corrected chi connectivity index (χ1v) is 4.86. The van der Waals surface area contributed by atoms with Crippen molar-refractivity contribution in [2.75, 3.05) is 7.11 Å². The predicted molar refractivity (Wildman–Crippen MR) is 59.6 cm³/mol. The van der Waals surface area contributed by atoms with E-state index < -0.39 is 0 Å². The summed E-state index contributed by atoms with van der Waals surface area (Å²) in [5.41, 5.74) is 2.54. The number of nitrogens with zero attached hydrogens (tertiary/aromatic N) is 3. The van der Waals surface area contributed by atoms with Gasteiger partial charge in [0.25, 0.3) is 0 Å². The van der Waals surface area contributed by atoms with Crippen LogP contribution in [0.15, 0.2) is 30.3 Å². The summed E-state index contributed by atoms with van der Waals surface area (Å²) in [6.07, 6.45) is 0. The Morgan fingerprint density at radius 1 is 1.31 bits per heavy atom. The van der Waals surface area contributed by atoms with Crippen molar-refractivity contribution in [2.45, 2.75) is 6.92 Å². The summed E-state index contributed by atoms with van der Waals surface area (Å²) in [6.45, 7) is 1.95. The molecule has 0 aliphatic carbocycles. The van der Waals surface area contributed by atoms with E-state index in [4.69, 9.17) is 10.00 Å². The molecule has 1 aromatic heterocycles. The van der Waals surface area contributed by atoms with Crippen LogP contribution in [0.3, 0.4) is 0 Å². The van der Waals surface area contributed by atoms with Crippen molar-refractivity contribution in [2.24, 2.45) is 0 Å². The number of methoxy groups -OCH3 is 1. The Bertz CT molecular complexity index is 534. The lowest BCUT2D eigenvalue weighted by Crippen LogP contribution is -1.98. The molecule has 0 atom stereocenters. The van der Waals surface area contributed by atoms with Crippen molar-refractivity contribution in [1.29, 1.82) is 5.26 Å². The molecule has 4 heteroatoms. The molecule has 0 amide bonds. The van der Waals surface area contributed by atoms with Gasteiger partial charge in [0.15, 0.2) is 0 Å². The SMILES string of the molecule is COc1cc(C)n(-c2ccc(C#N)cc2)n1. The zero-order chi connectivity index (χ0) is 11.5. The highest BCUT2D eigenvalue weighted by molar-refractivity contribution is 5.40. The van der Waals surface area contributed by atoms with E-state index in [-0.39, 0.29) is 0 Å². The van der Waals surface area contributed by atoms with Crippen LogP contribution in [0, 0.1) is 18.3 Å². The molecule has 2 rings (SSSR count). The molecule has 4 nitrogen and oxygen atoms in total. The first kappa shape index (κ1) is 10.2. The summed E-state index contributed by atoms with van der Waals surface area (Å²) in [5, 5.41) is 13.0. The molecule has 0 N–H and O–H groups in total. The lowest BCUT2D eigenvalue weighted by Gasteiger charge is -2.03. The first-order valence-electron chi connectivity index (χ1n) is 4.86. The minimum absolute atomic E-state index is 0.585. The van der Waals surface area contributed by atoms with Gasteiger partial charge in [-0.3, -0.25) is 0 Å². The second-order valence-electron chi connectivity index (χ2n) is 3.40. The number of aryl methyl sites for hydroxylation is 1. The Kier molecular flexibility index (Phi) is 2.61. The molecule has 2 aromatic rings. The molecule has 1 heterocycles. The summed E-state index contributed by atoms with van der Waals surface area (Å²) in [7, 11) is 1.59. The monoisotopic (exact) mass is 213 g/mol. The number of hydrogen-bond donors (Lipinski definition) is 0. The number of hydrogen-bond acceptors (Lipinski definition) is 3. The summed E-state index contributed by atoms with van der Waals surface area (Å²) in [4.78, 5) is 0. The maximum absolute atomic E-state index is 8.70. The van der Waals surface area contributed by atoms with E-state index in [2.05, 4.69) is 11.2 Å². The van der Waals surface area contributed by atoms with Crippen LogP contribution in [0.2, 0.25) is 0 Å². The average molecular weight is 213 g/mol. The molecule has 16 heavy (non-hydrogen) atoms. The highest BCUT2D eigenvalue weighted by Gasteiger charge is 2.05. The van der Waals surface area contributed by atoms with Gasteiger partial charge >= 0.3 is 0 Å². The van der Waals surface area contributed by atoms with Crippen LogP contribution in [0.5, 0.6) is 5.88 Å². The van der Waals surface area contributed by atoms with Gasteiger partial charge in [0.2, 0.25) is 5.88 Å². The molecule has 0 fully saturated rings. The summed E-state index contributed by atoms with van der Waals surface area (Å²) in [6, 6.07) is 11.2. The molecule has 80 valence electrons. The fourth-order valence-electron chi connectivity index (χ4n) is 1.48. The van der Waals surface area contributed by atoms with Crippen LogP contribution >= 0.6 is 0 Å². The quantitative estimate of drug-likeness (QED) is 0.767. The van der Waals surface area contributed by atoms with Gasteiger partial charge in [-0.25, -0.2) is 4.68 Å². The smallest absolute Gasteiger partial charge is 0.233 e. The zero-order valence-electron chi connectivity index (χ0n) is 9.14. The number of aromatic nitrogens is 2. The third-order valence-corrected chi connectivity index (χ3v) is 2.32. The van der Waals surface area contributed by atoms with Crippen LogP contribution in [0.25, 0.3) is 5.69 Å². The van der Waals surface area contributed by atoms with E-state index >= 15 is 0 Å². The second-order valence-corrected chi connectivity index (χ2v) is 3.40. The molecular weight excluding hydrogens is 202 g/mol. The third kappa shape index (κ3) is 1.75. The maximum atomic E-state index is 8.70. The molecule has 1 aromatic carbocycles. The lowest BCUT2D eigenvalue weighted by molar-refractivity contribution is 0.394. The summed E-state index contributed by atoms with van der Waals surface area (Å²) < 4.78 is 6.84. The minimum atomic E-state index is 0.585. The topological polar surface area (TPSA) is 50.8 Å². The standard InChI is InChI=1S/C12H11N3O/c1-9-7-12(16-2)14-15(9)11-5-3-10(8-13)4-6-11/h3-7H,1-2H3. The summed E-state index contributed by atoms with van der Waals surface area (Å²) >= 11 is 0. The van der Waals surface area contributed by atoms with Crippen LogP contribution in [-0.4, -0.2) is 16.9 Å². The average Bonchev–Trinajstić information content (AvgIpc) is 2.71. The molecule has 0 radical (unpaired) electrons. The molecular formula is C12H11N3O. The molecule has 0 bridgehead atoms. The fourth-order valence-corrected chi connectivity index (χ4v) is 1.48. The van der Waals surface area contributed by atoms with Gasteiger partial charge in [-0.05, 0) is 31.2 Å². The number of benzene rings is 1. The Morgan fingerprint density at radius 2 is 2.00 bits per heavy atom. The Hall–Kier alpha value is -2.28. The van der Waals surface area contributed by atoms with E-state index in [0.717, 1.165) is 11.4 Å². The lowest BCUT2D eigenvalue weighted by atomic mass is 10.2. The van der Waals surface area contributed by atoms with Crippen LogP contribution in [0.1, 0.15) is 11.3 Å². The van der Waals surface area contributed by atoms with Crippen molar-refractivity contribution in [3.05, 3.63) is 41.6 Å². The number of ether oxygens (including phenoxy) is 1. The molecule has 0 spiro atoms. The van der Waals surface area contributed by atoms with Crippen molar-refractivity contribution in [3.63, 3.8) is 0 Å². The van der Waals surface area contributed by atoms with Crippen molar-refractivity contribution < 1.29 is 4.74 Å². The maximum Gasteiger partial charge on any atom is 0.233 e. The highest BCUT2D eigenvalue weighted by Crippen LogP contribution is 2.16. The van der Waals surface area contributed by atoms with E-state index in [1.54, 1.807) is 23.9 Å². The van der Waals surface area contributed by atoms with Crippen LogP contribution in [-0.2, 0) is 0 Å². The molecule has 0 saturated carbocycles. The van der Waals surface area contributed by atoms with Crippen molar-refractivity contribution >= 4 is 0 Å². The van der Waals surface area contributed by atoms with Crippen molar-refractivity contribution in [3.8, 4) is 17.6 Å². The van der Waals surface area contributed by atoms with Gasteiger partial charge in [-0.15, -0.1) is 5.10 Å². The van der Waals surface area contributed by atoms with Gasteiger partial charge in [-0.1, -0.05) is 0 Å². The largest absolute Gasteiger partial charge is 0.480 e. The van der Waals surface area contributed by atoms with E-state index in [0.29, 0.717) is 11.4 Å². The summed E-state index contributed by atoms with van der Waals surface area (Å²) in [5.74, 6) is 0.585. The Labute approximate surface area is 93.7 Å². The molecule has 0 aliphatic heterocycles. The van der Waals surface area contributed by atoms with E-state index in [9.17, 15) is 0 Å². The molecule has 0 unspecified atom stereocenters. The van der Waals surface area contributed by atoms with E-state index in [1.165, 1.54) is 0 Å². The first-order chi connectivity index (χ1) is 7.74. The highest BCUT2D eigenvalue weighted by atomic mass is 16.5. The second kappa shape index (κ2) is 4.07.